The van der Waals surface area contributed by atoms with Crippen molar-refractivity contribution in [1.82, 2.24) is 9.55 Å². The highest BCUT2D eigenvalue weighted by Gasteiger charge is 2.23. The first kappa shape index (κ1) is 14.9. The van der Waals surface area contributed by atoms with Crippen LogP contribution in [0.3, 0.4) is 0 Å². The number of benzene rings is 1. The number of imidazole rings is 1. The van der Waals surface area contributed by atoms with Crippen molar-refractivity contribution in [3.05, 3.63) is 30.6 Å². The van der Waals surface area contributed by atoms with E-state index in [0.717, 1.165) is 0 Å². The molecule has 0 aliphatic rings. The van der Waals surface area contributed by atoms with E-state index in [1.165, 1.54) is 7.11 Å². The van der Waals surface area contributed by atoms with E-state index < -0.39 is 6.04 Å². The molecule has 0 amide bonds. The van der Waals surface area contributed by atoms with Crippen molar-refractivity contribution in [2.24, 2.45) is 0 Å². The standard InChI is InChI=1S/C15H18N2O4/c1-10(15(18)21-4)17-9-8-16-14(17)13-11(19-2)6-5-7-12(13)20-3/h5-10H,1-4H3. The van der Waals surface area contributed by atoms with Gasteiger partial charge in [-0.1, -0.05) is 6.07 Å². The second-order valence-corrected chi connectivity index (χ2v) is 4.39. The Morgan fingerprint density at radius 3 is 2.33 bits per heavy atom. The molecule has 6 heteroatoms. The molecule has 2 aromatic rings. The molecule has 0 spiro atoms. The van der Waals surface area contributed by atoms with Gasteiger partial charge in [-0.05, 0) is 19.1 Å². The molecule has 1 aromatic heterocycles. The number of carbonyl (C=O) groups is 1. The smallest absolute Gasteiger partial charge is 0.328 e. The highest BCUT2D eigenvalue weighted by molar-refractivity contribution is 5.77. The second kappa shape index (κ2) is 6.30. The number of aromatic nitrogens is 2. The normalized spacial score (nSPS) is 11.8. The molecule has 1 atom stereocenters. The lowest BCUT2D eigenvalue weighted by Gasteiger charge is -2.17. The van der Waals surface area contributed by atoms with Crippen LogP contribution in [0.1, 0.15) is 13.0 Å². The molecule has 21 heavy (non-hydrogen) atoms. The molecular weight excluding hydrogens is 272 g/mol. The van der Waals surface area contributed by atoms with Crippen molar-refractivity contribution < 1.29 is 19.0 Å². The van der Waals surface area contributed by atoms with E-state index >= 15 is 0 Å². The van der Waals surface area contributed by atoms with Gasteiger partial charge in [-0.2, -0.15) is 0 Å². The van der Waals surface area contributed by atoms with Gasteiger partial charge >= 0.3 is 5.97 Å². The molecule has 0 N–H and O–H groups in total. The Hall–Kier alpha value is -2.50. The third kappa shape index (κ3) is 2.69. The van der Waals surface area contributed by atoms with Crippen LogP contribution in [0.5, 0.6) is 11.5 Å². The zero-order valence-electron chi connectivity index (χ0n) is 12.5. The summed E-state index contributed by atoms with van der Waals surface area (Å²) in [5, 5.41) is 0. The van der Waals surface area contributed by atoms with Crippen LogP contribution >= 0.6 is 0 Å². The number of nitrogens with zero attached hydrogens (tertiary/aromatic N) is 2. The quantitative estimate of drug-likeness (QED) is 0.791. The van der Waals surface area contributed by atoms with E-state index in [-0.39, 0.29) is 5.97 Å². The molecular formula is C15H18N2O4. The Balaban J connectivity index is 2.59. The zero-order valence-corrected chi connectivity index (χ0v) is 12.5. The van der Waals surface area contributed by atoms with Gasteiger partial charge in [-0.3, -0.25) is 0 Å². The van der Waals surface area contributed by atoms with Gasteiger partial charge in [-0.25, -0.2) is 9.78 Å². The molecule has 0 aliphatic carbocycles. The average molecular weight is 290 g/mol. The summed E-state index contributed by atoms with van der Waals surface area (Å²) in [6.07, 6.45) is 3.35. The van der Waals surface area contributed by atoms with Gasteiger partial charge in [-0.15, -0.1) is 0 Å². The molecule has 0 radical (unpaired) electrons. The summed E-state index contributed by atoms with van der Waals surface area (Å²) in [4.78, 5) is 16.1. The molecule has 1 heterocycles. The van der Waals surface area contributed by atoms with Gasteiger partial charge in [0.1, 0.15) is 28.9 Å². The second-order valence-electron chi connectivity index (χ2n) is 4.39. The molecule has 1 unspecified atom stereocenters. The lowest BCUT2D eigenvalue weighted by molar-refractivity contribution is -0.143. The molecule has 112 valence electrons. The molecule has 0 saturated heterocycles. The largest absolute Gasteiger partial charge is 0.496 e. The van der Waals surface area contributed by atoms with Crippen LogP contribution < -0.4 is 9.47 Å². The maximum Gasteiger partial charge on any atom is 0.328 e. The summed E-state index contributed by atoms with van der Waals surface area (Å²) in [5.41, 5.74) is 0.697. The average Bonchev–Trinajstić information content (AvgIpc) is 3.01. The van der Waals surface area contributed by atoms with Crippen LogP contribution in [-0.2, 0) is 9.53 Å². The lowest BCUT2D eigenvalue weighted by atomic mass is 10.1. The minimum Gasteiger partial charge on any atom is -0.496 e. The van der Waals surface area contributed by atoms with E-state index in [1.807, 2.05) is 18.2 Å². The molecule has 0 bridgehead atoms. The minimum atomic E-state index is -0.498. The van der Waals surface area contributed by atoms with Crippen molar-refractivity contribution in [2.45, 2.75) is 13.0 Å². The fourth-order valence-electron chi connectivity index (χ4n) is 2.17. The Bertz CT molecular complexity index is 614. The summed E-state index contributed by atoms with van der Waals surface area (Å²) >= 11 is 0. The summed E-state index contributed by atoms with van der Waals surface area (Å²) in [7, 11) is 4.52. The van der Waals surface area contributed by atoms with Crippen molar-refractivity contribution in [3.63, 3.8) is 0 Å². The number of esters is 1. The maximum absolute atomic E-state index is 11.8. The Labute approximate surface area is 123 Å². The number of rotatable bonds is 5. The summed E-state index contributed by atoms with van der Waals surface area (Å²) in [6, 6.07) is 4.97. The van der Waals surface area contributed by atoms with Gasteiger partial charge in [0.15, 0.2) is 0 Å². The third-order valence-corrected chi connectivity index (χ3v) is 3.28. The fourth-order valence-corrected chi connectivity index (χ4v) is 2.17. The Morgan fingerprint density at radius 1 is 1.19 bits per heavy atom. The summed E-state index contributed by atoms with van der Waals surface area (Å²) < 4.78 is 17.3. The van der Waals surface area contributed by atoms with Crippen molar-refractivity contribution in [3.8, 4) is 22.9 Å². The molecule has 0 fully saturated rings. The third-order valence-electron chi connectivity index (χ3n) is 3.28. The molecule has 0 saturated carbocycles. The van der Waals surface area contributed by atoms with Crippen LogP contribution in [0.4, 0.5) is 0 Å². The van der Waals surface area contributed by atoms with Gasteiger partial charge in [0.2, 0.25) is 0 Å². The predicted molar refractivity (Wildman–Crippen MR) is 77.5 cm³/mol. The van der Waals surface area contributed by atoms with Gasteiger partial charge in [0.05, 0.1) is 21.3 Å². The van der Waals surface area contributed by atoms with Crippen molar-refractivity contribution >= 4 is 5.97 Å². The van der Waals surface area contributed by atoms with Crippen LogP contribution in [0.2, 0.25) is 0 Å². The van der Waals surface area contributed by atoms with Crippen LogP contribution in [0.25, 0.3) is 11.4 Å². The first-order chi connectivity index (χ1) is 10.1. The van der Waals surface area contributed by atoms with Gasteiger partial charge in [0, 0.05) is 12.4 Å². The van der Waals surface area contributed by atoms with Gasteiger partial charge < -0.3 is 18.8 Å². The first-order valence-corrected chi connectivity index (χ1v) is 6.46. The molecule has 6 nitrogen and oxygen atoms in total. The van der Waals surface area contributed by atoms with Gasteiger partial charge in [0.25, 0.3) is 0 Å². The SMILES string of the molecule is COC(=O)C(C)n1ccnc1-c1c(OC)cccc1OC. The predicted octanol–water partition coefficient (Wildman–Crippen LogP) is 2.30. The fraction of sp³-hybridized carbons (Fsp3) is 0.333. The number of methoxy groups -OCH3 is 3. The number of ether oxygens (including phenoxy) is 3. The number of carbonyl (C=O) groups excluding carboxylic acids is 1. The van der Waals surface area contributed by atoms with Crippen molar-refractivity contribution in [1.29, 1.82) is 0 Å². The van der Waals surface area contributed by atoms with Crippen molar-refractivity contribution in [2.75, 3.05) is 21.3 Å². The first-order valence-electron chi connectivity index (χ1n) is 6.46. The zero-order chi connectivity index (χ0) is 15.4. The minimum absolute atomic E-state index is 0.344. The van der Waals surface area contributed by atoms with E-state index in [4.69, 9.17) is 14.2 Å². The lowest BCUT2D eigenvalue weighted by Crippen LogP contribution is -2.18. The number of hydrogen-bond donors (Lipinski definition) is 0. The van der Waals surface area contributed by atoms with Crippen LogP contribution in [-0.4, -0.2) is 36.8 Å². The highest BCUT2D eigenvalue weighted by Crippen LogP contribution is 2.38. The van der Waals surface area contributed by atoms with E-state index in [2.05, 4.69) is 4.98 Å². The van der Waals surface area contributed by atoms with E-state index in [1.54, 1.807) is 38.1 Å². The molecule has 0 aliphatic heterocycles. The highest BCUT2D eigenvalue weighted by atomic mass is 16.5. The molecule has 1 aromatic carbocycles. The van der Waals surface area contributed by atoms with Crippen LogP contribution in [0.15, 0.2) is 30.6 Å². The Morgan fingerprint density at radius 2 is 1.81 bits per heavy atom. The Kier molecular flexibility index (Phi) is 4.47. The molecule has 2 rings (SSSR count). The monoisotopic (exact) mass is 290 g/mol. The van der Waals surface area contributed by atoms with E-state index in [9.17, 15) is 4.79 Å². The van der Waals surface area contributed by atoms with E-state index in [0.29, 0.717) is 22.9 Å². The maximum atomic E-state index is 11.8. The summed E-state index contributed by atoms with van der Waals surface area (Å²) in [6.45, 7) is 1.75. The number of hydrogen-bond acceptors (Lipinski definition) is 5. The van der Waals surface area contributed by atoms with Crippen LogP contribution in [0, 0.1) is 0 Å². The topological polar surface area (TPSA) is 62.6 Å². The summed E-state index contributed by atoms with van der Waals surface area (Å²) in [5.74, 6) is 1.49.